The van der Waals surface area contributed by atoms with Gasteiger partial charge in [-0.3, -0.25) is 15.0 Å². The number of carbonyl (C=O) groups excluding carboxylic acids is 2. The van der Waals surface area contributed by atoms with Gasteiger partial charge in [-0.15, -0.1) is 0 Å². The summed E-state index contributed by atoms with van der Waals surface area (Å²) in [5.41, 5.74) is 0.803. The van der Waals surface area contributed by atoms with Gasteiger partial charge in [0.2, 0.25) is 5.91 Å². The standard InChI is InChI=1S/C17H27N3O3/c1-13-6-8-14(9-7-13)23-11-10-20(5)12-15(21)18-16(22)19-17(2,3)4/h6-9H,10-12H2,1-5H3,(H2,18,19,21,22). The fourth-order valence-electron chi connectivity index (χ4n) is 1.82. The lowest BCUT2D eigenvalue weighted by Gasteiger charge is -2.21. The second-order valence-electron chi connectivity index (χ2n) is 6.65. The van der Waals surface area contributed by atoms with E-state index in [1.807, 2.05) is 52.0 Å². The molecule has 0 fully saturated rings. The van der Waals surface area contributed by atoms with E-state index < -0.39 is 6.03 Å². The molecule has 1 aromatic rings. The van der Waals surface area contributed by atoms with Crippen LogP contribution in [0.1, 0.15) is 26.3 Å². The van der Waals surface area contributed by atoms with Crippen LogP contribution in [0, 0.1) is 6.92 Å². The number of imide groups is 1. The number of amides is 3. The van der Waals surface area contributed by atoms with Crippen LogP contribution in [0.5, 0.6) is 5.75 Å². The van der Waals surface area contributed by atoms with E-state index in [0.29, 0.717) is 13.2 Å². The van der Waals surface area contributed by atoms with Crippen molar-refractivity contribution in [3.05, 3.63) is 29.8 Å². The molecule has 0 aromatic heterocycles. The molecule has 0 spiro atoms. The van der Waals surface area contributed by atoms with Gasteiger partial charge in [0.15, 0.2) is 0 Å². The second-order valence-corrected chi connectivity index (χ2v) is 6.65. The van der Waals surface area contributed by atoms with Crippen LogP contribution in [0.3, 0.4) is 0 Å². The molecule has 0 unspecified atom stereocenters. The Hall–Kier alpha value is -2.08. The molecule has 0 atom stereocenters. The maximum absolute atomic E-state index is 11.8. The topological polar surface area (TPSA) is 70.7 Å². The Kier molecular flexibility index (Phi) is 7.03. The average Bonchev–Trinajstić information content (AvgIpc) is 2.38. The van der Waals surface area contributed by atoms with Crippen LogP contribution in [0.25, 0.3) is 0 Å². The lowest BCUT2D eigenvalue weighted by molar-refractivity contribution is -0.120. The number of aryl methyl sites for hydroxylation is 1. The minimum absolute atomic E-state index is 0.134. The highest BCUT2D eigenvalue weighted by atomic mass is 16.5. The first-order chi connectivity index (χ1) is 10.7. The fourth-order valence-corrected chi connectivity index (χ4v) is 1.82. The maximum atomic E-state index is 11.8. The Morgan fingerprint density at radius 2 is 1.78 bits per heavy atom. The van der Waals surface area contributed by atoms with Crippen LogP contribution in [0.15, 0.2) is 24.3 Å². The summed E-state index contributed by atoms with van der Waals surface area (Å²) in [6.45, 7) is 8.77. The number of carbonyl (C=O) groups is 2. The van der Waals surface area contributed by atoms with Crippen molar-refractivity contribution in [1.29, 1.82) is 0 Å². The number of nitrogens with zero attached hydrogens (tertiary/aromatic N) is 1. The molecule has 6 heteroatoms. The molecular formula is C17H27N3O3. The molecule has 0 bridgehead atoms. The van der Waals surface area contributed by atoms with E-state index in [0.717, 1.165) is 5.75 Å². The molecule has 0 aliphatic carbocycles. The van der Waals surface area contributed by atoms with Crippen molar-refractivity contribution in [2.24, 2.45) is 0 Å². The first-order valence-corrected chi connectivity index (χ1v) is 7.66. The second kappa shape index (κ2) is 8.53. The van der Waals surface area contributed by atoms with Crippen molar-refractivity contribution in [1.82, 2.24) is 15.5 Å². The van der Waals surface area contributed by atoms with E-state index >= 15 is 0 Å². The highest BCUT2D eigenvalue weighted by molar-refractivity contribution is 5.95. The van der Waals surface area contributed by atoms with Gasteiger partial charge in [0.25, 0.3) is 0 Å². The van der Waals surface area contributed by atoms with Gasteiger partial charge < -0.3 is 10.1 Å². The first kappa shape index (κ1) is 19.0. The quantitative estimate of drug-likeness (QED) is 0.840. The van der Waals surface area contributed by atoms with E-state index in [-0.39, 0.29) is 18.0 Å². The van der Waals surface area contributed by atoms with Gasteiger partial charge in [-0.1, -0.05) is 17.7 Å². The first-order valence-electron chi connectivity index (χ1n) is 7.66. The zero-order valence-corrected chi connectivity index (χ0v) is 14.6. The van der Waals surface area contributed by atoms with E-state index in [2.05, 4.69) is 10.6 Å². The smallest absolute Gasteiger partial charge is 0.321 e. The van der Waals surface area contributed by atoms with Crippen LogP contribution in [0.2, 0.25) is 0 Å². The average molecular weight is 321 g/mol. The van der Waals surface area contributed by atoms with Gasteiger partial charge in [0.05, 0.1) is 6.54 Å². The molecule has 0 aliphatic heterocycles. The number of benzene rings is 1. The van der Waals surface area contributed by atoms with E-state index in [1.165, 1.54) is 5.56 Å². The SMILES string of the molecule is Cc1ccc(OCCN(C)CC(=O)NC(=O)NC(C)(C)C)cc1. The van der Waals surface area contributed by atoms with Gasteiger partial charge in [0.1, 0.15) is 12.4 Å². The van der Waals surface area contributed by atoms with Crippen molar-refractivity contribution in [3.8, 4) is 5.75 Å². The molecular weight excluding hydrogens is 294 g/mol. The molecule has 2 N–H and O–H groups in total. The van der Waals surface area contributed by atoms with Crippen LogP contribution < -0.4 is 15.4 Å². The minimum Gasteiger partial charge on any atom is -0.492 e. The molecule has 3 amide bonds. The van der Waals surface area contributed by atoms with Crippen LogP contribution >= 0.6 is 0 Å². The summed E-state index contributed by atoms with van der Waals surface area (Å²) in [6, 6.07) is 7.32. The molecule has 0 saturated carbocycles. The highest BCUT2D eigenvalue weighted by Gasteiger charge is 2.16. The Bertz CT molecular complexity index is 521. The largest absolute Gasteiger partial charge is 0.492 e. The molecule has 1 aromatic carbocycles. The summed E-state index contributed by atoms with van der Waals surface area (Å²) < 4.78 is 5.61. The van der Waals surface area contributed by atoms with Crippen molar-refractivity contribution in [3.63, 3.8) is 0 Å². The number of nitrogens with one attached hydrogen (secondary N) is 2. The molecule has 23 heavy (non-hydrogen) atoms. The summed E-state index contributed by atoms with van der Waals surface area (Å²) in [4.78, 5) is 25.2. The van der Waals surface area contributed by atoms with E-state index in [9.17, 15) is 9.59 Å². The number of likely N-dealkylation sites (N-methyl/N-ethyl adjacent to an activating group) is 1. The Labute approximate surface area is 138 Å². The van der Waals surface area contributed by atoms with Crippen molar-refractivity contribution >= 4 is 11.9 Å². The summed E-state index contributed by atoms with van der Waals surface area (Å²) in [5, 5.41) is 4.99. The maximum Gasteiger partial charge on any atom is 0.321 e. The molecule has 1 rings (SSSR count). The lowest BCUT2D eigenvalue weighted by Crippen LogP contribution is -2.50. The van der Waals surface area contributed by atoms with Crippen molar-refractivity contribution in [2.75, 3.05) is 26.7 Å². The van der Waals surface area contributed by atoms with Crippen LogP contribution in [-0.2, 0) is 4.79 Å². The van der Waals surface area contributed by atoms with Crippen molar-refractivity contribution < 1.29 is 14.3 Å². The summed E-state index contributed by atoms with van der Waals surface area (Å²) >= 11 is 0. The normalized spacial score (nSPS) is 11.2. The van der Waals surface area contributed by atoms with Crippen LogP contribution in [0.4, 0.5) is 4.79 Å². The Balaban J connectivity index is 2.25. The predicted octanol–water partition coefficient (Wildman–Crippen LogP) is 1.93. The Morgan fingerprint density at radius 3 is 2.35 bits per heavy atom. The molecule has 6 nitrogen and oxygen atoms in total. The molecule has 0 heterocycles. The summed E-state index contributed by atoms with van der Waals surface area (Å²) in [7, 11) is 1.81. The van der Waals surface area contributed by atoms with Gasteiger partial charge in [-0.2, -0.15) is 0 Å². The zero-order valence-electron chi connectivity index (χ0n) is 14.6. The van der Waals surface area contributed by atoms with E-state index in [1.54, 1.807) is 11.9 Å². The fraction of sp³-hybridized carbons (Fsp3) is 0.529. The number of rotatable bonds is 6. The summed E-state index contributed by atoms with van der Waals surface area (Å²) in [6.07, 6.45) is 0. The number of hydrogen-bond acceptors (Lipinski definition) is 4. The number of urea groups is 1. The number of ether oxygens (including phenoxy) is 1. The van der Waals surface area contributed by atoms with Gasteiger partial charge in [-0.25, -0.2) is 4.79 Å². The third-order valence-electron chi connectivity index (χ3n) is 2.92. The molecule has 0 aliphatic rings. The molecule has 128 valence electrons. The number of hydrogen-bond donors (Lipinski definition) is 2. The lowest BCUT2D eigenvalue weighted by atomic mass is 10.1. The zero-order chi connectivity index (χ0) is 17.5. The third kappa shape index (κ3) is 8.83. The van der Waals surface area contributed by atoms with E-state index in [4.69, 9.17) is 4.74 Å². The van der Waals surface area contributed by atoms with Crippen LogP contribution in [-0.4, -0.2) is 49.1 Å². The van der Waals surface area contributed by atoms with Gasteiger partial charge in [-0.05, 0) is 46.9 Å². The van der Waals surface area contributed by atoms with Gasteiger partial charge in [0, 0.05) is 12.1 Å². The third-order valence-corrected chi connectivity index (χ3v) is 2.92. The monoisotopic (exact) mass is 321 g/mol. The molecule has 0 radical (unpaired) electrons. The highest BCUT2D eigenvalue weighted by Crippen LogP contribution is 2.10. The summed E-state index contributed by atoms with van der Waals surface area (Å²) in [5.74, 6) is 0.461. The Morgan fingerprint density at radius 1 is 1.17 bits per heavy atom. The minimum atomic E-state index is -0.480. The molecule has 0 saturated heterocycles. The van der Waals surface area contributed by atoms with Gasteiger partial charge >= 0.3 is 6.03 Å². The van der Waals surface area contributed by atoms with Crippen molar-refractivity contribution in [2.45, 2.75) is 33.2 Å². The predicted molar refractivity (Wildman–Crippen MR) is 90.6 cm³/mol.